The molecule has 0 saturated carbocycles. The molecule has 0 aromatic heterocycles. The van der Waals surface area contributed by atoms with Crippen LogP contribution in [0.1, 0.15) is 13.8 Å². The summed E-state index contributed by atoms with van der Waals surface area (Å²) >= 11 is 4.00. The lowest BCUT2D eigenvalue weighted by molar-refractivity contribution is 0.936. The van der Waals surface area contributed by atoms with Crippen molar-refractivity contribution in [3.05, 3.63) is 0 Å². The van der Waals surface area contributed by atoms with Gasteiger partial charge in [-0.3, -0.25) is 5.41 Å². The Hall–Kier alpha value is -0.180. The van der Waals surface area contributed by atoms with Crippen molar-refractivity contribution >= 4 is 18.5 Å². The Morgan fingerprint density at radius 2 is 1.86 bits per heavy atom. The van der Waals surface area contributed by atoms with Crippen molar-refractivity contribution in [2.24, 2.45) is 5.73 Å². The van der Waals surface area contributed by atoms with E-state index in [0.29, 0.717) is 0 Å². The average Bonchev–Trinajstić information content (AvgIpc) is 1.31. The molecule has 42 valence electrons. The molecule has 0 rings (SSSR count). The molecule has 3 heteroatoms. The van der Waals surface area contributed by atoms with Gasteiger partial charge in [-0.2, -0.15) is 12.6 Å². The van der Waals surface area contributed by atoms with Crippen LogP contribution in [-0.4, -0.2) is 10.6 Å². The molecule has 0 aliphatic heterocycles. The zero-order chi connectivity index (χ0) is 6.08. The second-order valence-electron chi connectivity index (χ2n) is 1.97. The van der Waals surface area contributed by atoms with Crippen molar-refractivity contribution in [2.75, 3.05) is 0 Å². The first kappa shape index (κ1) is 6.82. The SMILES string of the molecule is CC(C)(S)C(=N)N. The highest BCUT2D eigenvalue weighted by Crippen LogP contribution is 2.09. The van der Waals surface area contributed by atoms with Crippen LogP contribution in [0, 0.1) is 5.41 Å². The standard InChI is InChI=1S/C4H10N2S/c1-4(2,7)3(5)6/h7H,1-2H3,(H3,5,6). The van der Waals surface area contributed by atoms with Gasteiger partial charge in [-0.05, 0) is 13.8 Å². The Balaban J connectivity index is 3.79. The van der Waals surface area contributed by atoms with Crippen molar-refractivity contribution in [2.45, 2.75) is 18.6 Å². The molecule has 0 aliphatic carbocycles. The largest absolute Gasteiger partial charge is 0.387 e. The zero-order valence-electron chi connectivity index (χ0n) is 4.52. The Labute approximate surface area is 49.0 Å². The van der Waals surface area contributed by atoms with E-state index in [1.165, 1.54) is 0 Å². The smallest absolute Gasteiger partial charge is 0.106 e. The van der Waals surface area contributed by atoms with Gasteiger partial charge >= 0.3 is 0 Å². The maximum Gasteiger partial charge on any atom is 0.106 e. The number of thiol groups is 1. The van der Waals surface area contributed by atoms with Crippen molar-refractivity contribution in [3.63, 3.8) is 0 Å². The number of hydrogen-bond acceptors (Lipinski definition) is 2. The monoisotopic (exact) mass is 118 g/mol. The minimum absolute atomic E-state index is 0.107. The highest BCUT2D eigenvalue weighted by molar-refractivity contribution is 7.82. The van der Waals surface area contributed by atoms with Gasteiger partial charge in [-0.15, -0.1) is 0 Å². The maximum absolute atomic E-state index is 6.85. The van der Waals surface area contributed by atoms with E-state index in [1.807, 2.05) is 0 Å². The molecule has 0 unspecified atom stereocenters. The first-order valence-corrected chi connectivity index (χ1v) is 2.46. The van der Waals surface area contributed by atoms with Gasteiger partial charge < -0.3 is 5.73 Å². The summed E-state index contributed by atoms with van der Waals surface area (Å²) < 4.78 is -0.444. The lowest BCUT2D eigenvalue weighted by Gasteiger charge is -2.13. The van der Waals surface area contributed by atoms with Gasteiger partial charge in [0.2, 0.25) is 0 Å². The van der Waals surface area contributed by atoms with Gasteiger partial charge in [0.25, 0.3) is 0 Å². The molecule has 0 atom stereocenters. The van der Waals surface area contributed by atoms with Crippen LogP contribution in [0.5, 0.6) is 0 Å². The second kappa shape index (κ2) is 1.74. The Kier molecular flexibility index (Phi) is 1.69. The fraction of sp³-hybridized carbons (Fsp3) is 0.750. The van der Waals surface area contributed by atoms with E-state index in [2.05, 4.69) is 12.6 Å². The van der Waals surface area contributed by atoms with Crippen LogP contribution in [0.3, 0.4) is 0 Å². The van der Waals surface area contributed by atoms with E-state index < -0.39 is 4.75 Å². The molecule has 3 N–H and O–H groups in total. The molecule has 0 radical (unpaired) electrons. The van der Waals surface area contributed by atoms with Crippen LogP contribution in [-0.2, 0) is 0 Å². The van der Waals surface area contributed by atoms with Crippen LogP contribution >= 0.6 is 12.6 Å². The molecule has 0 heterocycles. The van der Waals surface area contributed by atoms with E-state index in [-0.39, 0.29) is 5.84 Å². The van der Waals surface area contributed by atoms with E-state index in [9.17, 15) is 0 Å². The molecule has 0 aromatic carbocycles. The molecular formula is C4H10N2S. The van der Waals surface area contributed by atoms with Gasteiger partial charge in [-0.25, -0.2) is 0 Å². The average molecular weight is 118 g/mol. The third-order valence-electron chi connectivity index (χ3n) is 0.659. The lowest BCUT2D eigenvalue weighted by atomic mass is 10.2. The summed E-state index contributed by atoms with van der Waals surface area (Å²) in [5.41, 5.74) is 5.08. The quantitative estimate of drug-likeness (QED) is 0.264. The van der Waals surface area contributed by atoms with Crippen molar-refractivity contribution in [3.8, 4) is 0 Å². The van der Waals surface area contributed by atoms with Crippen LogP contribution in [0.25, 0.3) is 0 Å². The van der Waals surface area contributed by atoms with E-state index >= 15 is 0 Å². The maximum atomic E-state index is 6.85. The molecule has 0 aromatic rings. The summed E-state index contributed by atoms with van der Waals surface area (Å²) in [7, 11) is 0. The van der Waals surface area contributed by atoms with Gasteiger partial charge in [0.15, 0.2) is 0 Å². The number of hydrogen-bond donors (Lipinski definition) is 3. The summed E-state index contributed by atoms with van der Waals surface area (Å²) in [5.74, 6) is 0.107. The summed E-state index contributed by atoms with van der Waals surface area (Å²) in [6.07, 6.45) is 0. The Morgan fingerprint density at radius 3 is 1.86 bits per heavy atom. The van der Waals surface area contributed by atoms with Crippen LogP contribution in [0.15, 0.2) is 0 Å². The molecular weight excluding hydrogens is 108 g/mol. The molecule has 0 fully saturated rings. The molecule has 0 amide bonds. The van der Waals surface area contributed by atoms with Crippen molar-refractivity contribution < 1.29 is 0 Å². The highest BCUT2D eigenvalue weighted by atomic mass is 32.1. The van der Waals surface area contributed by atoms with Crippen LogP contribution in [0.2, 0.25) is 0 Å². The molecule has 7 heavy (non-hydrogen) atoms. The van der Waals surface area contributed by atoms with Crippen LogP contribution in [0.4, 0.5) is 0 Å². The topological polar surface area (TPSA) is 49.9 Å². The number of rotatable bonds is 1. The van der Waals surface area contributed by atoms with Crippen molar-refractivity contribution in [1.82, 2.24) is 0 Å². The van der Waals surface area contributed by atoms with Gasteiger partial charge in [0.1, 0.15) is 5.84 Å². The Bertz CT molecular complexity index is 82.2. The van der Waals surface area contributed by atoms with Crippen LogP contribution < -0.4 is 5.73 Å². The number of nitrogens with one attached hydrogen (secondary N) is 1. The molecule has 2 nitrogen and oxygen atoms in total. The second-order valence-corrected chi connectivity index (χ2v) is 3.09. The van der Waals surface area contributed by atoms with Gasteiger partial charge in [-0.1, -0.05) is 0 Å². The summed E-state index contributed by atoms with van der Waals surface area (Å²) in [6.45, 7) is 3.55. The molecule has 0 spiro atoms. The minimum Gasteiger partial charge on any atom is -0.387 e. The summed E-state index contributed by atoms with van der Waals surface area (Å²) in [5, 5.41) is 6.85. The first-order chi connectivity index (χ1) is 2.94. The highest BCUT2D eigenvalue weighted by Gasteiger charge is 2.13. The van der Waals surface area contributed by atoms with E-state index in [4.69, 9.17) is 11.1 Å². The third kappa shape index (κ3) is 2.51. The Morgan fingerprint density at radius 1 is 1.71 bits per heavy atom. The fourth-order valence-electron chi connectivity index (χ4n) is 0. The molecule has 0 saturated heterocycles. The van der Waals surface area contributed by atoms with E-state index in [1.54, 1.807) is 13.8 Å². The summed E-state index contributed by atoms with van der Waals surface area (Å²) in [4.78, 5) is 0. The van der Waals surface area contributed by atoms with E-state index in [0.717, 1.165) is 0 Å². The van der Waals surface area contributed by atoms with Crippen molar-refractivity contribution in [1.29, 1.82) is 5.41 Å². The number of amidine groups is 1. The predicted octanol–water partition coefficient (Wildman–Crippen LogP) is 0.631. The molecule has 0 bridgehead atoms. The third-order valence-corrected chi connectivity index (χ3v) is 0.900. The summed E-state index contributed by atoms with van der Waals surface area (Å²) in [6, 6.07) is 0. The molecule has 0 aliphatic rings. The fourth-order valence-corrected chi connectivity index (χ4v) is 0. The predicted molar refractivity (Wildman–Crippen MR) is 35.0 cm³/mol. The van der Waals surface area contributed by atoms with Gasteiger partial charge in [0.05, 0.1) is 4.75 Å². The zero-order valence-corrected chi connectivity index (χ0v) is 5.42. The first-order valence-electron chi connectivity index (χ1n) is 2.01. The van der Waals surface area contributed by atoms with Gasteiger partial charge in [0, 0.05) is 0 Å². The number of nitrogens with two attached hydrogens (primary N) is 1. The lowest BCUT2D eigenvalue weighted by Crippen LogP contribution is -2.31. The minimum atomic E-state index is -0.444. The normalized spacial score (nSPS) is 11.3.